The van der Waals surface area contributed by atoms with Crippen molar-refractivity contribution >= 4 is 17.7 Å². The lowest BCUT2D eigenvalue weighted by Gasteiger charge is -2.21. The second-order valence-corrected chi connectivity index (χ2v) is 4.65. The van der Waals surface area contributed by atoms with Gasteiger partial charge in [0.05, 0.1) is 6.61 Å². The van der Waals surface area contributed by atoms with Crippen LogP contribution >= 0.6 is 0 Å². The number of anilines is 1. The molecule has 21 heavy (non-hydrogen) atoms. The molecule has 0 aliphatic rings. The number of para-hydroxylation sites is 1. The number of carboxylic acids is 1. The minimum atomic E-state index is -1.05. The van der Waals surface area contributed by atoms with E-state index in [2.05, 4.69) is 12.2 Å². The normalized spacial score (nSPS) is 10.2. The average molecular weight is 294 g/mol. The Morgan fingerprint density at radius 3 is 2.67 bits per heavy atom. The third-order valence-corrected chi connectivity index (χ3v) is 2.96. The van der Waals surface area contributed by atoms with Crippen molar-refractivity contribution in [2.24, 2.45) is 0 Å². The molecule has 0 aliphatic heterocycles. The molecule has 0 unspecified atom stereocenters. The molecule has 0 aliphatic carbocycles. The highest BCUT2D eigenvalue weighted by Crippen LogP contribution is 2.17. The first-order valence-corrected chi connectivity index (χ1v) is 6.93. The number of benzene rings is 1. The van der Waals surface area contributed by atoms with E-state index in [4.69, 9.17) is 9.84 Å². The number of aliphatic carboxylic acids is 1. The van der Waals surface area contributed by atoms with Crippen LogP contribution in [-0.4, -0.2) is 48.8 Å². The molecule has 116 valence electrons. The smallest absolute Gasteiger partial charge is 0.323 e. The molecule has 0 aromatic heterocycles. The van der Waals surface area contributed by atoms with Crippen LogP contribution in [0.3, 0.4) is 0 Å². The summed E-state index contributed by atoms with van der Waals surface area (Å²) in [6.07, 6.45) is 1.82. The third kappa shape index (κ3) is 5.83. The Labute approximate surface area is 124 Å². The van der Waals surface area contributed by atoms with Crippen LogP contribution in [0, 0.1) is 0 Å². The van der Waals surface area contributed by atoms with Crippen molar-refractivity contribution in [2.75, 3.05) is 32.1 Å². The molecule has 0 spiro atoms. The molecule has 0 atom stereocenters. The molecule has 2 amide bonds. The maximum absolute atomic E-state index is 12.2. The van der Waals surface area contributed by atoms with E-state index in [-0.39, 0.29) is 19.7 Å². The third-order valence-electron chi connectivity index (χ3n) is 2.96. The molecule has 0 saturated heterocycles. The highest BCUT2D eigenvalue weighted by molar-refractivity contribution is 5.92. The van der Waals surface area contributed by atoms with Gasteiger partial charge in [0, 0.05) is 19.3 Å². The summed E-state index contributed by atoms with van der Waals surface area (Å²) in [5, 5.41) is 11.7. The van der Waals surface area contributed by atoms with Crippen molar-refractivity contribution in [1.82, 2.24) is 4.90 Å². The molecular formula is C15H22N2O4. The van der Waals surface area contributed by atoms with Crippen LogP contribution in [0.2, 0.25) is 0 Å². The van der Waals surface area contributed by atoms with Gasteiger partial charge in [0.25, 0.3) is 0 Å². The number of methoxy groups -OCH3 is 1. The molecule has 0 fully saturated rings. The number of carboxylic acid groups (broad SMARTS) is 1. The number of nitrogens with zero attached hydrogens (tertiary/aromatic N) is 1. The fourth-order valence-corrected chi connectivity index (χ4v) is 1.94. The van der Waals surface area contributed by atoms with Gasteiger partial charge in [0.15, 0.2) is 0 Å². The van der Waals surface area contributed by atoms with Gasteiger partial charge in [0.1, 0.15) is 6.54 Å². The molecule has 1 aromatic carbocycles. The predicted molar refractivity (Wildman–Crippen MR) is 80.5 cm³/mol. The van der Waals surface area contributed by atoms with E-state index >= 15 is 0 Å². The highest BCUT2D eigenvalue weighted by Gasteiger charge is 2.17. The summed E-state index contributed by atoms with van der Waals surface area (Å²) in [7, 11) is 1.51. The van der Waals surface area contributed by atoms with Crippen molar-refractivity contribution in [1.29, 1.82) is 0 Å². The summed E-state index contributed by atoms with van der Waals surface area (Å²) >= 11 is 0. The van der Waals surface area contributed by atoms with Crippen LogP contribution in [0.15, 0.2) is 24.3 Å². The van der Waals surface area contributed by atoms with Gasteiger partial charge in [-0.1, -0.05) is 31.5 Å². The van der Waals surface area contributed by atoms with E-state index in [9.17, 15) is 9.59 Å². The molecule has 1 rings (SSSR count). The maximum atomic E-state index is 12.2. The molecule has 0 radical (unpaired) electrons. The van der Waals surface area contributed by atoms with Gasteiger partial charge in [-0.05, 0) is 18.1 Å². The van der Waals surface area contributed by atoms with Crippen LogP contribution in [0.4, 0.5) is 10.5 Å². The number of hydrogen-bond donors (Lipinski definition) is 2. The van der Waals surface area contributed by atoms with Crippen molar-refractivity contribution < 1.29 is 19.4 Å². The Balaban J connectivity index is 2.78. The molecule has 6 nitrogen and oxygen atoms in total. The van der Waals surface area contributed by atoms with Crippen LogP contribution in [0.5, 0.6) is 0 Å². The van der Waals surface area contributed by atoms with E-state index in [1.807, 2.05) is 24.3 Å². The first-order valence-electron chi connectivity index (χ1n) is 6.93. The van der Waals surface area contributed by atoms with Gasteiger partial charge in [-0.3, -0.25) is 4.79 Å². The van der Waals surface area contributed by atoms with Crippen molar-refractivity contribution in [2.45, 2.75) is 19.8 Å². The first kappa shape index (κ1) is 17.0. The predicted octanol–water partition coefficient (Wildman–Crippen LogP) is 2.20. The topological polar surface area (TPSA) is 78.9 Å². The van der Waals surface area contributed by atoms with Gasteiger partial charge in [0.2, 0.25) is 0 Å². The number of nitrogens with one attached hydrogen (secondary N) is 1. The molecule has 6 heteroatoms. The van der Waals surface area contributed by atoms with E-state index in [0.717, 1.165) is 24.1 Å². The van der Waals surface area contributed by atoms with E-state index in [1.54, 1.807) is 0 Å². The summed E-state index contributed by atoms with van der Waals surface area (Å²) in [6.45, 7) is 2.22. The van der Waals surface area contributed by atoms with E-state index in [1.165, 1.54) is 12.0 Å². The number of ether oxygens (including phenoxy) is 1. The Hall–Kier alpha value is -2.08. The second kappa shape index (κ2) is 8.97. The van der Waals surface area contributed by atoms with Gasteiger partial charge in [-0.25, -0.2) is 4.79 Å². The monoisotopic (exact) mass is 294 g/mol. The van der Waals surface area contributed by atoms with Crippen molar-refractivity contribution in [3.05, 3.63) is 29.8 Å². The van der Waals surface area contributed by atoms with Crippen LogP contribution < -0.4 is 5.32 Å². The van der Waals surface area contributed by atoms with Crippen LogP contribution in [0.25, 0.3) is 0 Å². The lowest BCUT2D eigenvalue weighted by molar-refractivity contribution is -0.137. The van der Waals surface area contributed by atoms with E-state index < -0.39 is 12.0 Å². The summed E-state index contributed by atoms with van der Waals surface area (Å²) in [4.78, 5) is 24.3. The zero-order valence-electron chi connectivity index (χ0n) is 12.5. The number of carbonyl (C=O) groups excluding carboxylic acids is 1. The molecular weight excluding hydrogens is 272 g/mol. The van der Waals surface area contributed by atoms with Gasteiger partial charge >= 0.3 is 12.0 Å². The SMILES string of the molecule is CCCc1ccccc1NC(=O)N(CCOC)CC(=O)O. The van der Waals surface area contributed by atoms with Gasteiger partial charge in [-0.15, -0.1) is 0 Å². The number of hydrogen-bond acceptors (Lipinski definition) is 3. The summed E-state index contributed by atoms with van der Waals surface area (Å²) in [6, 6.07) is 7.10. The molecule has 2 N–H and O–H groups in total. The first-order chi connectivity index (χ1) is 10.1. The number of carbonyl (C=O) groups is 2. The Morgan fingerprint density at radius 1 is 1.33 bits per heavy atom. The second-order valence-electron chi connectivity index (χ2n) is 4.65. The number of urea groups is 1. The minimum absolute atomic E-state index is 0.227. The van der Waals surface area contributed by atoms with Crippen LogP contribution in [-0.2, 0) is 16.0 Å². The number of amides is 2. The average Bonchev–Trinajstić information content (AvgIpc) is 2.45. The zero-order valence-corrected chi connectivity index (χ0v) is 12.5. The fraction of sp³-hybridized carbons (Fsp3) is 0.467. The Morgan fingerprint density at radius 2 is 2.05 bits per heavy atom. The molecule has 0 heterocycles. The standard InChI is InChI=1S/C15H22N2O4/c1-3-6-12-7-4-5-8-13(12)16-15(20)17(9-10-21-2)11-14(18)19/h4-5,7-8H,3,6,9-11H2,1-2H3,(H,16,20)(H,18,19). The maximum Gasteiger partial charge on any atom is 0.323 e. The van der Waals surface area contributed by atoms with E-state index in [0.29, 0.717) is 0 Å². The lowest BCUT2D eigenvalue weighted by atomic mass is 10.1. The molecule has 1 aromatic rings. The Bertz CT molecular complexity index is 476. The highest BCUT2D eigenvalue weighted by atomic mass is 16.5. The summed E-state index contributed by atoms with van der Waals surface area (Å²) in [5.41, 5.74) is 1.76. The molecule has 0 bridgehead atoms. The van der Waals surface area contributed by atoms with Gasteiger partial charge in [-0.2, -0.15) is 0 Å². The minimum Gasteiger partial charge on any atom is -0.480 e. The molecule has 0 saturated carbocycles. The number of rotatable bonds is 8. The van der Waals surface area contributed by atoms with Gasteiger partial charge < -0.3 is 20.1 Å². The number of aryl methyl sites for hydroxylation is 1. The fourth-order valence-electron chi connectivity index (χ4n) is 1.94. The van der Waals surface area contributed by atoms with Crippen LogP contribution in [0.1, 0.15) is 18.9 Å². The zero-order chi connectivity index (χ0) is 15.7. The summed E-state index contributed by atoms with van der Waals surface area (Å²) in [5.74, 6) is -1.05. The van der Waals surface area contributed by atoms with Crippen molar-refractivity contribution in [3.8, 4) is 0 Å². The lowest BCUT2D eigenvalue weighted by Crippen LogP contribution is -2.40. The quantitative estimate of drug-likeness (QED) is 0.770. The van der Waals surface area contributed by atoms with Crippen molar-refractivity contribution in [3.63, 3.8) is 0 Å². The Kier molecular flexibility index (Phi) is 7.25. The summed E-state index contributed by atoms with van der Waals surface area (Å²) < 4.78 is 4.90. The largest absolute Gasteiger partial charge is 0.480 e.